The van der Waals surface area contributed by atoms with Crippen LogP contribution >= 0.6 is 0 Å². The smallest absolute Gasteiger partial charge is 0.133 e. The Morgan fingerprint density at radius 2 is 2.11 bits per heavy atom. The van der Waals surface area contributed by atoms with Gasteiger partial charge in [0.15, 0.2) is 0 Å². The second-order valence-corrected chi connectivity index (χ2v) is 4.00. The number of nitrogens with zero attached hydrogens (tertiary/aromatic N) is 1. The molecule has 0 bridgehead atoms. The molecule has 0 saturated heterocycles. The lowest BCUT2D eigenvalue weighted by Crippen LogP contribution is -2.10. The number of nitrogens with one attached hydrogen (secondary N) is 1. The van der Waals surface area contributed by atoms with Crippen molar-refractivity contribution in [3.8, 4) is 0 Å². The third-order valence-corrected chi connectivity index (χ3v) is 2.68. The van der Waals surface area contributed by atoms with Crippen molar-refractivity contribution in [2.75, 3.05) is 25.1 Å². The molecule has 2 rings (SSSR count). The summed E-state index contributed by atoms with van der Waals surface area (Å²) < 4.78 is 5.45. The minimum absolute atomic E-state index is 0.679. The van der Waals surface area contributed by atoms with Crippen LogP contribution in [0.25, 0.3) is 10.8 Å². The molecule has 94 valence electrons. The van der Waals surface area contributed by atoms with Gasteiger partial charge in [0.05, 0.1) is 13.2 Å². The Hall–Kier alpha value is -1.87. The molecule has 0 amide bonds. The number of fused-ring (bicyclic) bond motifs is 1. The SMILES string of the molecule is C=CCCOCCNc1nccc2ccccc12. The first kappa shape index (κ1) is 12.6. The summed E-state index contributed by atoms with van der Waals surface area (Å²) >= 11 is 0. The average molecular weight is 242 g/mol. The standard InChI is InChI=1S/C15H18N2O/c1-2-3-11-18-12-10-17-15-14-7-5-4-6-13(14)8-9-16-15/h2,4-9H,1,3,10-12H2,(H,16,17). The maximum Gasteiger partial charge on any atom is 0.133 e. The van der Waals surface area contributed by atoms with Gasteiger partial charge < -0.3 is 10.1 Å². The van der Waals surface area contributed by atoms with Crippen molar-refractivity contribution in [1.82, 2.24) is 4.98 Å². The van der Waals surface area contributed by atoms with Gasteiger partial charge in [-0.25, -0.2) is 4.98 Å². The molecule has 1 N–H and O–H groups in total. The summed E-state index contributed by atoms with van der Waals surface area (Å²) in [5.74, 6) is 0.917. The molecule has 0 fully saturated rings. The number of rotatable bonds is 7. The third kappa shape index (κ3) is 3.31. The molecule has 3 heteroatoms. The predicted octanol–water partition coefficient (Wildman–Crippen LogP) is 3.24. The van der Waals surface area contributed by atoms with Crippen molar-refractivity contribution in [2.24, 2.45) is 0 Å². The Bertz CT molecular complexity index is 505. The van der Waals surface area contributed by atoms with Crippen molar-refractivity contribution in [3.05, 3.63) is 49.2 Å². The van der Waals surface area contributed by atoms with Gasteiger partial charge in [0.2, 0.25) is 0 Å². The number of hydrogen-bond donors (Lipinski definition) is 1. The summed E-state index contributed by atoms with van der Waals surface area (Å²) in [6.45, 7) is 5.83. The fourth-order valence-corrected chi connectivity index (χ4v) is 1.77. The Kier molecular flexibility index (Phi) is 4.73. The largest absolute Gasteiger partial charge is 0.379 e. The topological polar surface area (TPSA) is 34.1 Å². The van der Waals surface area contributed by atoms with E-state index >= 15 is 0 Å². The molecular formula is C15H18N2O. The molecule has 0 saturated carbocycles. The van der Waals surface area contributed by atoms with Crippen molar-refractivity contribution in [1.29, 1.82) is 0 Å². The van der Waals surface area contributed by atoms with E-state index < -0.39 is 0 Å². The second-order valence-electron chi connectivity index (χ2n) is 4.00. The highest BCUT2D eigenvalue weighted by molar-refractivity contribution is 5.91. The number of benzene rings is 1. The molecule has 0 atom stereocenters. The predicted molar refractivity (Wildman–Crippen MR) is 75.9 cm³/mol. The summed E-state index contributed by atoms with van der Waals surface area (Å²) in [6, 6.07) is 10.2. The molecule has 2 aromatic rings. The van der Waals surface area contributed by atoms with Crippen molar-refractivity contribution in [3.63, 3.8) is 0 Å². The van der Waals surface area contributed by atoms with Gasteiger partial charge >= 0.3 is 0 Å². The second kappa shape index (κ2) is 6.77. The molecule has 0 aliphatic rings. The average Bonchev–Trinajstić information content (AvgIpc) is 2.43. The maximum atomic E-state index is 5.45. The van der Waals surface area contributed by atoms with Crippen molar-refractivity contribution >= 4 is 16.6 Å². The van der Waals surface area contributed by atoms with Gasteiger partial charge in [-0.05, 0) is 17.9 Å². The fourth-order valence-electron chi connectivity index (χ4n) is 1.77. The van der Waals surface area contributed by atoms with Crippen LogP contribution < -0.4 is 5.32 Å². The van der Waals surface area contributed by atoms with Crippen LogP contribution in [0.15, 0.2) is 49.2 Å². The zero-order valence-corrected chi connectivity index (χ0v) is 10.4. The Morgan fingerprint density at radius 3 is 3.00 bits per heavy atom. The van der Waals surface area contributed by atoms with Crippen LogP contribution in [0.3, 0.4) is 0 Å². The highest BCUT2D eigenvalue weighted by Crippen LogP contribution is 2.19. The number of pyridine rings is 1. The van der Waals surface area contributed by atoms with Crippen LogP contribution in [-0.4, -0.2) is 24.7 Å². The van der Waals surface area contributed by atoms with Crippen LogP contribution in [-0.2, 0) is 4.74 Å². The molecule has 1 aromatic carbocycles. The molecule has 3 nitrogen and oxygen atoms in total. The third-order valence-electron chi connectivity index (χ3n) is 2.68. The fraction of sp³-hybridized carbons (Fsp3) is 0.267. The molecule has 1 heterocycles. The number of ether oxygens (including phenoxy) is 1. The van der Waals surface area contributed by atoms with Crippen molar-refractivity contribution in [2.45, 2.75) is 6.42 Å². The highest BCUT2D eigenvalue weighted by atomic mass is 16.5. The molecule has 1 aromatic heterocycles. The molecule has 0 radical (unpaired) electrons. The van der Waals surface area contributed by atoms with E-state index in [0.29, 0.717) is 6.61 Å². The van der Waals surface area contributed by atoms with E-state index in [0.717, 1.165) is 30.8 Å². The van der Waals surface area contributed by atoms with E-state index in [1.54, 1.807) is 0 Å². The molecule has 0 aliphatic heterocycles. The Morgan fingerprint density at radius 1 is 1.22 bits per heavy atom. The van der Waals surface area contributed by atoms with Gasteiger partial charge in [0.1, 0.15) is 5.82 Å². The van der Waals surface area contributed by atoms with E-state index in [-0.39, 0.29) is 0 Å². The summed E-state index contributed by atoms with van der Waals surface area (Å²) in [5.41, 5.74) is 0. The first-order chi connectivity index (χ1) is 8.92. The molecule has 0 spiro atoms. The van der Waals surface area contributed by atoms with Gasteiger partial charge in [0.25, 0.3) is 0 Å². The molecule has 18 heavy (non-hydrogen) atoms. The first-order valence-corrected chi connectivity index (χ1v) is 6.18. The molecule has 0 unspecified atom stereocenters. The lowest BCUT2D eigenvalue weighted by atomic mass is 10.1. The maximum absolute atomic E-state index is 5.45. The number of hydrogen-bond acceptors (Lipinski definition) is 3. The minimum Gasteiger partial charge on any atom is -0.379 e. The number of anilines is 1. The van der Waals surface area contributed by atoms with E-state index in [1.165, 1.54) is 5.39 Å². The van der Waals surface area contributed by atoms with Crippen LogP contribution in [0.5, 0.6) is 0 Å². The monoisotopic (exact) mass is 242 g/mol. The van der Waals surface area contributed by atoms with Crippen LogP contribution in [0.1, 0.15) is 6.42 Å². The van der Waals surface area contributed by atoms with Gasteiger partial charge in [-0.15, -0.1) is 6.58 Å². The van der Waals surface area contributed by atoms with Crippen molar-refractivity contribution < 1.29 is 4.74 Å². The van der Waals surface area contributed by atoms with E-state index in [2.05, 4.69) is 29.0 Å². The summed E-state index contributed by atoms with van der Waals surface area (Å²) in [5, 5.41) is 5.64. The van der Waals surface area contributed by atoms with Gasteiger partial charge in [-0.2, -0.15) is 0 Å². The Balaban J connectivity index is 1.89. The van der Waals surface area contributed by atoms with Gasteiger partial charge in [-0.3, -0.25) is 0 Å². The van der Waals surface area contributed by atoms with E-state index in [1.807, 2.05) is 30.5 Å². The highest BCUT2D eigenvalue weighted by Gasteiger charge is 2.00. The minimum atomic E-state index is 0.679. The number of aromatic nitrogens is 1. The normalized spacial score (nSPS) is 10.4. The molecule has 0 aliphatic carbocycles. The molecular weight excluding hydrogens is 224 g/mol. The van der Waals surface area contributed by atoms with E-state index in [9.17, 15) is 0 Å². The summed E-state index contributed by atoms with van der Waals surface area (Å²) in [4.78, 5) is 4.36. The summed E-state index contributed by atoms with van der Waals surface area (Å²) in [6.07, 6.45) is 4.58. The van der Waals surface area contributed by atoms with Crippen LogP contribution in [0.2, 0.25) is 0 Å². The lowest BCUT2D eigenvalue weighted by Gasteiger charge is -2.08. The zero-order chi connectivity index (χ0) is 12.6. The first-order valence-electron chi connectivity index (χ1n) is 6.18. The van der Waals surface area contributed by atoms with Gasteiger partial charge in [-0.1, -0.05) is 30.3 Å². The quantitative estimate of drug-likeness (QED) is 0.598. The van der Waals surface area contributed by atoms with Crippen LogP contribution in [0.4, 0.5) is 5.82 Å². The summed E-state index contributed by atoms with van der Waals surface area (Å²) in [7, 11) is 0. The van der Waals surface area contributed by atoms with Gasteiger partial charge in [0, 0.05) is 18.1 Å². The zero-order valence-electron chi connectivity index (χ0n) is 10.4. The lowest BCUT2D eigenvalue weighted by molar-refractivity contribution is 0.149. The Labute approximate surface area is 107 Å². The van der Waals surface area contributed by atoms with Crippen LogP contribution in [0, 0.1) is 0 Å². The van der Waals surface area contributed by atoms with E-state index in [4.69, 9.17) is 4.74 Å².